The molecule has 0 rings (SSSR count). The molecule has 0 heterocycles. The third-order valence-electron chi connectivity index (χ3n) is 7.00. The van der Waals surface area contributed by atoms with Crippen LogP contribution in [0.1, 0.15) is 60.8 Å². The number of amides is 2. The Kier molecular flexibility index (Phi) is 23.6. The fraction of sp³-hybridized carbons (Fsp3) is 0.929. The van der Waals surface area contributed by atoms with E-state index in [9.17, 15) is 30.0 Å². The van der Waals surface area contributed by atoms with Crippen LogP contribution in [-0.4, -0.2) is 152 Å². The number of hydrogen-bond acceptors (Lipinski definition) is 12. The summed E-state index contributed by atoms with van der Waals surface area (Å²) in [6.45, 7) is 11.1. The van der Waals surface area contributed by atoms with E-state index >= 15 is 0 Å². The lowest BCUT2D eigenvalue weighted by atomic mass is 9.77. The van der Waals surface area contributed by atoms with Gasteiger partial charge in [-0.2, -0.15) is 0 Å². The Hall–Kier alpha value is -1.03. The monoisotopic (exact) mass is 672 g/mol. The van der Waals surface area contributed by atoms with Gasteiger partial charge in [-0.15, -0.1) is 0 Å². The smallest absolute Gasteiger partial charge is 0.395 e. The maximum atomic E-state index is 14.6. The van der Waals surface area contributed by atoms with E-state index in [1.165, 1.54) is 9.80 Å². The Morgan fingerprint density at radius 2 is 0.818 bits per heavy atom. The molecule has 0 fully saturated rings. The van der Waals surface area contributed by atoms with Gasteiger partial charge in [-0.05, 0) is 60.8 Å². The number of aliphatic hydroxyl groups excluding tert-OH is 4. The molecule has 0 aromatic heterocycles. The van der Waals surface area contributed by atoms with Crippen LogP contribution in [0, 0.1) is 5.41 Å². The fourth-order valence-corrected chi connectivity index (χ4v) is 10.7. The van der Waals surface area contributed by atoms with Gasteiger partial charge in [0.15, 0.2) is 0 Å². The van der Waals surface area contributed by atoms with Crippen LogP contribution in [0.3, 0.4) is 0 Å². The minimum atomic E-state index is -3.36. The lowest BCUT2D eigenvalue weighted by Gasteiger charge is -2.41. The Morgan fingerprint density at radius 3 is 1.09 bits per heavy atom. The number of carbonyl (C=O) groups is 2. The average Bonchev–Trinajstić information content (AvgIpc) is 2.99. The summed E-state index contributed by atoms with van der Waals surface area (Å²) in [5, 5.41) is 39.2. The number of carbonyl (C=O) groups excluding carboxylic acids is 2. The van der Waals surface area contributed by atoms with Crippen LogP contribution in [0.4, 0.5) is 0 Å². The number of hydrogen-bond donors (Lipinski definition) is 4. The lowest BCUT2D eigenvalue weighted by Crippen LogP contribution is -2.57. The normalized spacial score (nSPS) is 12.5. The molecule has 0 atom stereocenters. The molecule has 0 radical (unpaired) electrons. The van der Waals surface area contributed by atoms with E-state index in [4.69, 9.17) is 26.6 Å². The molecule has 4 N–H and O–H groups in total. The summed E-state index contributed by atoms with van der Waals surface area (Å²) in [7, 11) is -6.51. The molecule has 0 unspecified atom stereocenters. The standard InChI is InChI=1S/C28H60N2O12Si2/c1-7-37-43(38-8-2,39-9-3)24-13-14-28(26(35)29(16-20-31)17-21-32,27(36)30(18-22-33)19-23-34)15-25-44(40-10-4,41-11-5)42-12-6/h31-34H,7-25H2,1-6H3. The van der Waals surface area contributed by atoms with Gasteiger partial charge in [-0.25, -0.2) is 0 Å². The van der Waals surface area contributed by atoms with Crippen molar-refractivity contribution < 1.29 is 56.6 Å². The van der Waals surface area contributed by atoms with Gasteiger partial charge in [0.25, 0.3) is 0 Å². The second-order valence-electron chi connectivity index (χ2n) is 9.88. The summed E-state index contributed by atoms with van der Waals surface area (Å²) in [6, 6.07) is 0.457. The maximum absolute atomic E-state index is 14.6. The van der Waals surface area contributed by atoms with Crippen LogP contribution in [0.15, 0.2) is 0 Å². The fourth-order valence-electron chi connectivity index (χ4n) is 5.34. The second kappa shape index (κ2) is 24.2. The second-order valence-corrected chi connectivity index (χ2v) is 15.3. The first kappa shape index (κ1) is 43.0. The number of rotatable bonds is 29. The first-order valence-electron chi connectivity index (χ1n) is 16.0. The van der Waals surface area contributed by atoms with Gasteiger partial charge in [0.2, 0.25) is 11.8 Å². The molecule has 0 aliphatic carbocycles. The SMILES string of the molecule is CCO[Si](CCCC(CC[Si](OCC)(OCC)OCC)(C(=O)N(CCO)CCO)C(=O)N(CCO)CCO)(OCC)OCC. The van der Waals surface area contributed by atoms with Crippen molar-refractivity contribution in [3.8, 4) is 0 Å². The molecule has 0 aromatic rings. The largest absolute Gasteiger partial charge is 0.500 e. The topological polar surface area (TPSA) is 177 Å². The Balaban J connectivity index is 7.15. The van der Waals surface area contributed by atoms with Crippen LogP contribution < -0.4 is 0 Å². The van der Waals surface area contributed by atoms with E-state index in [2.05, 4.69) is 0 Å². The minimum Gasteiger partial charge on any atom is -0.395 e. The summed E-state index contributed by atoms with van der Waals surface area (Å²) in [4.78, 5) is 31.7. The zero-order valence-corrected chi connectivity index (χ0v) is 29.9. The van der Waals surface area contributed by atoms with Crippen LogP contribution in [-0.2, 0) is 36.1 Å². The van der Waals surface area contributed by atoms with Crippen LogP contribution in [0.25, 0.3) is 0 Å². The zero-order chi connectivity index (χ0) is 33.5. The molecule has 0 saturated heterocycles. The van der Waals surface area contributed by atoms with Gasteiger partial charge < -0.3 is 56.8 Å². The molecular formula is C28H60N2O12Si2. The lowest BCUT2D eigenvalue weighted by molar-refractivity contribution is -0.159. The van der Waals surface area contributed by atoms with Crippen LogP contribution >= 0.6 is 0 Å². The summed E-state index contributed by atoms with van der Waals surface area (Å²) < 4.78 is 36.3. The number of aliphatic hydroxyl groups is 4. The Labute approximate surface area is 266 Å². The van der Waals surface area contributed by atoms with E-state index in [-0.39, 0.29) is 71.5 Å². The molecule has 0 spiro atoms. The molecular weight excluding hydrogens is 612 g/mol. The van der Waals surface area contributed by atoms with Crippen molar-refractivity contribution in [1.29, 1.82) is 0 Å². The maximum Gasteiger partial charge on any atom is 0.500 e. The Bertz CT molecular complexity index is 694. The quantitative estimate of drug-likeness (QED) is 0.0653. The van der Waals surface area contributed by atoms with Crippen molar-refractivity contribution in [3.05, 3.63) is 0 Å². The van der Waals surface area contributed by atoms with Crippen LogP contribution in [0.2, 0.25) is 12.1 Å². The van der Waals surface area contributed by atoms with E-state index in [1.807, 2.05) is 41.5 Å². The van der Waals surface area contributed by atoms with Gasteiger partial charge in [0, 0.05) is 77.9 Å². The Morgan fingerprint density at radius 1 is 0.523 bits per heavy atom. The molecule has 0 aliphatic rings. The van der Waals surface area contributed by atoms with Crippen molar-refractivity contribution in [2.75, 3.05) is 92.2 Å². The van der Waals surface area contributed by atoms with Crippen molar-refractivity contribution in [3.63, 3.8) is 0 Å². The highest BCUT2D eigenvalue weighted by Gasteiger charge is 2.53. The molecule has 0 aromatic carbocycles. The molecule has 0 saturated carbocycles. The third-order valence-corrected chi connectivity index (χ3v) is 13.2. The van der Waals surface area contributed by atoms with Gasteiger partial charge in [0.1, 0.15) is 5.41 Å². The molecule has 44 heavy (non-hydrogen) atoms. The molecule has 14 nitrogen and oxygen atoms in total. The van der Waals surface area contributed by atoms with Gasteiger partial charge in [-0.1, -0.05) is 0 Å². The third kappa shape index (κ3) is 13.4. The predicted molar refractivity (Wildman–Crippen MR) is 169 cm³/mol. The summed E-state index contributed by atoms with van der Waals surface area (Å²) >= 11 is 0. The van der Waals surface area contributed by atoms with Crippen LogP contribution in [0.5, 0.6) is 0 Å². The summed E-state index contributed by atoms with van der Waals surface area (Å²) in [6.07, 6.45) is 0.292. The average molecular weight is 673 g/mol. The highest BCUT2D eigenvalue weighted by atomic mass is 28.4. The van der Waals surface area contributed by atoms with E-state index < -0.39 is 34.8 Å². The predicted octanol–water partition coefficient (Wildman–Crippen LogP) is 0.866. The minimum absolute atomic E-state index is 0.0300. The van der Waals surface area contributed by atoms with Gasteiger partial charge >= 0.3 is 17.6 Å². The van der Waals surface area contributed by atoms with Crippen molar-refractivity contribution in [2.45, 2.75) is 72.9 Å². The number of nitrogens with zero attached hydrogens (tertiary/aromatic N) is 2. The van der Waals surface area contributed by atoms with E-state index in [1.54, 1.807) is 0 Å². The summed E-state index contributed by atoms with van der Waals surface area (Å²) in [5.41, 5.74) is -1.75. The first-order chi connectivity index (χ1) is 21.1. The molecule has 16 heteroatoms. The van der Waals surface area contributed by atoms with Gasteiger partial charge in [0.05, 0.1) is 26.4 Å². The molecule has 0 bridgehead atoms. The molecule has 262 valence electrons. The van der Waals surface area contributed by atoms with Crippen molar-refractivity contribution in [1.82, 2.24) is 9.80 Å². The highest BCUT2D eigenvalue weighted by Crippen LogP contribution is 2.39. The zero-order valence-electron chi connectivity index (χ0n) is 27.9. The molecule has 2 amide bonds. The van der Waals surface area contributed by atoms with Crippen molar-refractivity contribution in [2.24, 2.45) is 5.41 Å². The van der Waals surface area contributed by atoms with E-state index in [0.717, 1.165) is 0 Å². The first-order valence-corrected chi connectivity index (χ1v) is 19.9. The molecule has 0 aliphatic heterocycles. The van der Waals surface area contributed by atoms with Crippen molar-refractivity contribution >= 4 is 29.4 Å². The highest BCUT2D eigenvalue weighted by molar-refractivity contribution is 6.61. The van der Waals surface area contributed by atoms with E-state index in [0.29, 0.717) is 52.1 Å². The summed E-state index contributed by atoms with van der Waals surface area (Å²) in [5.74, 6) is -1.18. The van der Waals surface area contributed by atoms with Gasteiger partial charge in [-0.3, -0.25) is 9.59 Å².